The second-order valence-corrected chi connectivity index (χ2v) is 8.52. The van der Waals surface area contributed by atoms with Crippen LogP contribution in [0.4, 0.5) is 0 Å². The lowest BCUT2D eigenvalue weighted by Gasteiger charge is -2.29. The quantitative estimate of drug-likeness (QED) is 0.517. The lowest BCUT2D eigenvalue weighted by Crippen LogP contribution is -2.50. The van der Waals surface area contributed by atoms with Crippen molar-refractivity contribution in [2.75, 3.05) is 7.05 Å². The molecule has 8 nitrogen and oxygen atoms in total. The van der Waals surface area contributed by atoms with Gasteiger partial charge in [0, 0.05) is 13.2 Å². The number of furan rings is 1. The van der Waals surface area contributed by atoms with Crippen LogP contribution >= 0.6 is 0 Å². The Kier molecular flexibility index (Phi) is 7.57. The largest absolute Gasteiger partial charge is 0.483 e. The number of likely N-dealkylation sites (N-methyl/N-ethyl adjacent to an activating group) is 1. The fourth-order valence-electron chi connectivity index (χ4n) is 4.31. The van der Waals surface area contributed by atoms with Gasteiger partial charge in [-0.3, -0.25) is 14.6 Å². The highest BCUT2D eigenvalue weighted by Crippen LogP contribution is 2.28. The molecule has 1 aliphatic rings. The number of ether oxygens (including phenoxy) is 1. The normalized spacial score (nSPS) is 15.8. The number of pyridine rings is 2. The summed E-state index contributed by atoms with van der Waals surface area (Å²) >= 11 is 0. The summed E-state index contributed by atoms with van der Waals surface area (Å²) in [6.07, 6.45) is 8.30. The molecule has 1 fully saturated rings. The van der Waals surface area contributed by atoms with Crippen molar-refractivity contribution in [1.82, 2.24) is 20.6 Å². The molecule has 0 aromatic carbocycles. The minimum Gasteiger partial charge on any atom is -0.483 e. The van der Waals surface area contributed by atoms with Crippen molar-refractivity contribution in [3.05, 3.63) is 66.3 Å². The second kappa shape index (κ2) is 11.0. The van der Waals surface area contributed by atoms with E-state index in [0.29, 0.717) is 17.2 Å². The van der Waals surface area contributed by atoms with E-state index in [-0.39, 0.29) is 23.7 Å². The van der Waals surface area contributed by atoms with E-state index in [1.54, 1.807) is 43.7 Å². The van der Waals surface area contributed by atoms with E-state index in [1.165, 1.54) is 6.42 Å². The van der Waals surface area contributed by atoms with Crippen LogP contribution in [-0.2, 0) is 4.79 Å². The molecule has 1 saturated carbocycles. The lowest BCUT2D eigenvalue weighted by atomic mass is 9.83. The summed E-state index contributed by atoms with van der Waals surface area (Å²) in [6, 6.07) is 12.0. The maximum Gasteiger partial charge on any atom is 0.287 e. The van der Waals surface area contributed by atoms with Crippen molar-refractivity contribution >= 4 is 11.8 Å². The molecule has 2 atom stereocenters. The molecule has 4 rings (SSSR count). The van der Waals surface area contributed by atoms with E-state index >= 15 is 0 Å². The van der Waals surface area contributed by atoms with Gasteiger partial charge in [-0.15, -0.1) is 0 Å². The molecule has 3 aromatic heterocycles. The van der Waals surface area contributed by atoms with Crippen molar-refractivity contribution in [2.45, 2.75) is 51.2 Å². The number of nitrogens with zero attached hydrogens (tertiary/aromatic N) is 2. The van der Waals surface area contributed by atoms with Crippen molar-refractivity contribution < 1.29 is 18.7 Å². The summed E-state index contributed by atoms with van der Waals surface area (Å²) in [7, 11) is 1.59. The number of aromatic nitrogens is 2. The molecule has 178 valence electrons. The molecule has 0 bridgehead atoms. The third-order valence-electron chi connectivity index (χ3n) is 6.17. The average Bonchev–Trinajstić information content (AvgIpc) is 3.39. The molecule has 0 saturated heterocycles. The predicted molar refractivity (Wildman–Crippen MR) is 127 cm³/mol. The lowest BCUT2D eigenvalue weighted by molar-refractivity contribution is -0.124. The molecule has 3 aromatic rings. The summed E-state index contributed by atoms with van der Waals surface area (Å²) in [5.41, 5.74) is 1.41. The van der Waals surface area contributed by atoms with Gasteiger partial charge in [-0.05, 0) is 62.1 Å². The fourth-order valence-corrected chi connectivity index (χ4v) is 4.31. The zero-order valence-electron chi connectivity index (χ0n) is 19.5. The predicted octanol–water partition coefficient (Wildman–Crippen LogP) is 4.30. The van der Waals surface area contributed by atoms with Gasteiger partial charge in [0.15, 0.2) is 11.5 Å². The number of nitrogens with one attached hydrogen (secondary N) is 2. The maximum atomic E-state index is 12.8. The van der Waals surface area contributed by atoms with E-state index < -0.39 is 11.9 Å². The van der Waals surface area contributed by atoms with Gasteiger partial charge in [-0.1, -0.05) is 25.3 Å². The third-order valence-corrected chi connectivity index (χ3v) is 6.17. The number of hydrogen-bond donors (Lipinski definition) is 2. The first-order valence-electron chi connectivity index (χ1n) is 11.7. The molecule has 0 aliphatic heterocycles. The number of carbonyl (C=O) groups excluding carboxylic acids is 2. The van der Waals surface area contributed by atoms with Gasteiger partial charge in [0.05, 0.1) is 11.9 Å². The van der Waals surface area contributed by atoms with Crippen LogP contribution in [0.2, 0.25) is 0 Å². The summed E-state index contributed by atoms with van der Waals surface area (Å²) in [4.78, 5) is 34.0. The summed E-state index contributed by atoms with van der Waals surface area (Å²) in [5.74, 6) is 0.759. The van der Waals surface area contributed by atoms with Crippen molar-refractivity contribution in [1.29, 1.82) is 0 Å². The Morgan fingerprint density at radius 3 is 2.56 bits per heavy atom. The van der Waals surface area contributed by atoms with Crippen LogP contribution in [0.15, 0.2) is 59.3 Å². The SMILES string of the molecule is CNC(=O)[C@@H](NC(=O)c1ccc(-c2ccc(O[C@@H](C)c3ccccn3)cn2)o1)C1CCCCC1. The Morgan fingerprint density at radius 2 is 1.88 bits per heavy atom. The molecule has 34 heavy (non-hydrogen) atoms. The second-order valence-electron chi connectivity index (χ2n) is 8.52. The highest BCUT2D eigenvalue weighted by Gasteiger charge is 2.31. The van der Waals surface area contributed by atoms with Crippen LogP contribution in [0, 0.1) is 5.92 Å². The van der Waals surface area contributed by atoms with Gasteiger partial charge in [0.2, 0.25) is 5.91 Å². The highest BCUT2D eigenvalue weighted by atomic mass is 16.5. The van der Waals surface area contributed by atoms with E-state index in [9.17, 15) is 9.59 Å². The van der Waals surface area contributed by atoms with E-state index in [1.807, 2.05) is 25.1 Å². The Morgan fingerprint density at radius 1 is 1.06 bits per heavy atom. The van der Waals surface area contributed by atoms with E-state index in [4.69, 9.17) is 9.15 Å². The Bertz CT molecular complexity index is 1090. The van der Waals surface area contributed by atoms with Gasteiger partial charge in [0.1, 0.15) is 23.6 Å². The van der Waals surface area contributed by atoms with Gasteiger partial charge in [-0.2, -0.15) is 0 Å². The van der Waals surface area contributed by atoms with Gasteiger partial charge in [-0.25, -0.2) is 4.98 Å². The molecule has 1 aliphatic carbocycles. The van der Waals surface area contributed by atoms with E-state index in [0.717, 1.165) is 31.4 Å². The molecule has 8 heteroatoms. The Balaban J connectivity index is 1.41. The minimum absolute atomic E-state index is 0.134. The standard InChI is InChI=1S/C26H30N4O4/c1-17(20-10-6-7-15-28-20)33-19-11-12-21(29-16-19)22-13-14-23(34-22)25(31)30-24(26(32)27-2)18-8-4-3-5-9-18/h6-7,10-18,24H,3-5,8-9H2,1-2H3,(H,27,32)(H,30,31)/t17-,24-/m0/s1. The zero-order valence-corrected chi connectivity index (χ0v) is 19.5. The topological polar surface area (TPSA) is 106 Å². The summed E-state index contributed by atoms with van der Waals surface area (Å²) in [5, 5.41) is 5.54. The fraction of sp³-hybridized carbons (Fsp3) is 0.385. The van der Waals surface area contributed by atoms with Crippen LogP contribution in [0.3, 0.4) is 0 Å². The van der Waals surface area contributed by atoms with Crippen LogP contribution in [0.25, 0.3) is 11.5 Å². The molecule has 0 spiro atoms. The number of hydrogen-bond acceptors (Lipinski definition) is 6. The van der Waals surface area contributed by atoms with Crippen molar-refractivity contribution in [2.24, 2.45) is 5.92 Å². The summed E-state index contributed by atoms with van der Waals surface area (Å²) < 4.78 is 11.7. The molecule has 2 N–H and O–H groups in total. The first kappa shape index (κ1) is 23.5. The highest BCUT2D eigenvalue weighted by molar-refractivity contribution is 5.96. The smallest absolute Gasteiger partial charge is 0.287 e. The van der Waals surface area contributed by atoms with Crippen LogP contribution < -0.4 is 15.4 Å². The molecule has 0 unspecified atom stereocenters. The molecular formula is C26H30N4O4. The number of amides is 2. The molecular weight excluding hydrogens is 432 g/mol. The van der Waals surface area contributed by atoms with Gasteiger partial charge in [0.25, 0.3) is 5.91 Å². The molecule has 0 radical (unpaired) electrons. The first-order valence-corrected chi connectivity index (χ1v) is 11.7. The van der Waals surface area contributed by atoms with Crippen LogP contribution in [0.1, 0.15) is 61.4 Å². The third kappa shape index (κ3) is 5.62. The Hall–Kier alpha value is -3.68. The average molecular weight is 463 g/mol. The summed E-state index contributed by atoms with van der Waals surface area (Å²) in [6.45, 7) is 1.92. The number of carbonyl (C=O) groups is 2. The van der Waals surface area contributed by atoms with Crippen LogP contribution in [-0.4, -0.2) is 34.9 Å². The zero-order chi connectivity index (χ0) is 23.9. The van der Waals surface area contributed by atoms with Gasteiger partial charge < -0.3 is 19.8 Å². The molecule has 2 amide bonds. The first-order chi connectivity index (χ1) is 16.5. The van der Waals surface area contributed by atoms with E-state index in [2.05, 4.69) is 20.6 Å². The maximum absolute atomic E-state index is 12.8. The molecule has 3 heterocycles. The monoisotopic (exact) mass is 462 g/mol. The van der Waals surface area contributed by atoms with Crippen LogP contribution in [0.5, 0.6) is 5.75 Å². The Labute approximate surface area is 199 Å². The number of rotatable bonds is 8. The minimum atomic E-state index is -0.568. The van der Waals surface area contributed by atoms with Gasteiger partial charge >= 0.3 is 0 Å². The van der Waals surface area contributed by atoms with Crippen molar-refractivity contribution in [3.8, 4) is 17.2 Å². The van der Waals surface area contributed by atoms with Crippen molar-refractivity contribution in [3.63, 3.8) is 0 Å².